The van der Waals surface area contributed by atoms with Gasteiger partial charge in [-0.3, -0.25) is 24.6 Å². The summed E-state index contributed by atoms with van der Waals surface area (Å²) in [5.41, 5.74) is 4.18. The number of hydrogen-bond acceptors (Lipinski definition) is 11. The van der Waals surface area contributed by atoms with Crippen molar-refractivity contribution in [3.05, 3.63) is 58.6 Å². The van der Waals surface area contributed by atoms with E-state index in [2.05, 4.69) is 67.3 Å². The second-order valence-electron chi connectivity index (χ2n) is 17.3. The number of para-hydroxylation sites is 1. The van der Waals surface area contributed by atoms with Crippen molar-refractivity contribution in [2.24, 2.45) is 5.92 Å². The minimum absolute atomic E-state index is 0.0247. The fourth-order valence-electron chi connectivity index (χ4n) is 10.2. The molecule has 4 atom stereocenters. The van der Waals surface area contributed by atoms with E-state index in [0.29, 0.717) is 67.7 Å². The van der Waals surface area contributed by atoms with E-state index in [-0.39, 0.29) is 58.6 Å². The number of piperazine rings is 2. The Bertz CT molecular complexity index is 2150. The largest absolute Gasteiger partial charge is 0.506 e. The van der Waals surface area contributed by atoms with Gasteiger partial charge in [0.1, 0.15) is 11.8 Å². The Hall–Kier alpha value is -5.15. The topological polar surface area (TPSA) is 158 Å². The third-order valence-electron chi connectivity index (χ3n) is 13.2. The number of amides is 5. The summed E-state index contributed by atoms with van der Waals surface area (Å²) in [5.74, 6) is 0.388. The van der Waals surface area contributed by atoms with Gasteiger partial charge in [-0.1, -0.05) is 23.7 Å². The number of halogens is 1. The first-order chi connectivity index (χ1) is 27.9. The van der Waals surface area contributed by atoms with E-state index in [4.69, 9.17) is 11.6 Å². The van der Waals surface area contributed by atoms with Gasteiger partial charge in [-0.05, 0) is 81.8 Å². The number of carbonyl (C=O) groups excluding carboxylic acids is 4. The Morgan fingerprint density at radius 2 is 1.74 bits per heavy atom. The minimum atomic E-state index is -0.612. The van der Waals surface area contributed by atoms with Gasteiger partial charge in [0.2, 0.25) is 11.8 Å². The SMILES string of the molecule is C[C@@H]1CN(CC2CCN(c3ccc4c(c3)C(=O)N([C@@H]3CCC(=O)NC3=O)C4)CC2)C[C@@H](C)N1C(=O)N1CCN2c3cc(-c4cccc(Cl)c4O)nnc3NC[C@]2(C)C1. The Balaban J connectivity index is 0.783. The van der Waals surface area contributed by atoms with Crippen LogP contribution in [0, 0.1) is 5.92 Å². The molecule has 0 spiro atoms. The Morgan fingerprint density at radius 3 is 2.50 bits per heavy atom. The second kappa shape index (κ2) is 14.9. The number of nitrogens with one attached hydrogen (secondary N) is 2. The zero-order valence-electron chi connectivity index (χ0n) is 33.3. The van der Waals surface area contributed by atoms with Crippen molar-refractivity contribution in [3.8, 4) is 17.0 Å². The first-order valence-corrected chi connectivity index (χ1v) is 20.9. The van der Waals surface area contributed by atoms with E-state index in [0.717, 1.165) is 62.5 Å². The molecule has 6 aliphatic rings. The van der Waals surface area contributed by atoms with Gasteiger partial charge in [0, 0.05) is 101 Å². The number of nitrogens with zero attached hydrogens (tertiary/aromatic N) is 8. The van der Waals surface area contributed by atoms with Gasteiger partial charge in [0.15, 0.2) is 5.82 Å². The number of anilines is 3. The molecule has 0 saturated carbocycles. The highest BCUT2D eigenvalue weighted by Gasteiger charge is 2.46. The van der Waals surface area contributed by atoms with E-state index in [1.807, 2.05) is 23.1 Å². The fraction of sp³-hybridized carbons (Fsp3) is 0.524. The minimum Gasteiger partial charge on any atom is -0.506 e. The lowest BCUT2D eigenvalue weighted by molar-refractivity contribution is -0.136. The number of aromatic nitrogens is 2. The van der Waals surface area contributed by atoms with Crippen molar-refractivity contribution in [1.29, 1.82) is 0 Å². The maximum Gasteiger partial charge on any atom is 0.320 e. The van der Waals surface area contributed by atoms with Crippen LogP contribution in [0.5, 0.6) is 5.75 Å². The van der Waals surface area contributed by atoms with Gasteiger partial charge in [-0.15, -0.1) is 10.2 Å². The first-order valence-electron chi connectivity index (χ1n) is 20.6. The molecule has 1 aromatic heterocycles. The fourth-order valence-corrected chi connectivity index (χ4v) is 10.4. The van der Waals surface area contributed by atoms with E-state index < -0.39 is 6.04 Å². The summed E-state index contributed by atoms with van der Waals surface area (Å²) in [6, 6.07) is 12.8. The summed E-state index contributed by atoms with van der Waals surface area (Å²) in [5, 5.41) is 25.5. The van der Waals surface area contributed by atoms with Crippen LogP contribution in [-0.2, 0) is 16.1 Å². The van der Waals surface area contributed by atoms with Crippen LogP contribution in [0.2, 0.25) is 5.02 Å². The number of aromatic hydroxyl groups is 1. The van der Waals surface area contributed by atoms with Gasteiger partial charge in [-0.25, -0.2) is 4.79 Å². The molecule has 5 amide bonds. The number of imide groups is 1. The van der Waals surface area contributed by atoms with Crippen molar-refractivity contribution in [3.63, 3.8) is 0 Å². The Kier molecular flexibility index (Phi) is 9.86. The normalized spacial score (nSPS) is 26.6. The predicted octanol–water partition coefficient (Wildman–Crippen LogP) is 4.00. The average Bonchev–Trinajstić information content (AvgIpc) is 3.53. The van der Waals surface area contributed by atoms with Crippen LogP contribution < -0.4 is 20.4 Å². The number of carbonyl (C=O) groups is 4. The van der Waals surface area contributed by atoms with E-state index >= 15 is 0 Å². The van der Waals surface area contributed by atoms with Crippen LogP contribution in [0.3, 0.4) is 0 Å². The van der Waals surface area contributed by atoms with Crippen LogP contribution in [0.4, 0.5) is 22.0 Å². The number of piperidine rings is 2. The smallest absolute Gasteiger partial charge is 0.320 e. The standard InChI is InChI=1S/C42H51ClN10O5/c1-25-19-48(21-27-11-13-49(14-12-27)29-8-7-28-22-51(40(57)31(28)17-29)34-9-10-36(54)45-39(34)56)20-26(2)53(25)41(58)50-15-16-52-35-18-33(30-5-4-6-32(43)37(30)55)46-47-38(35)44-23-42(52,3)24-50/h4-8,17-18,25-27,34,55H,9-16,19-24H2,1-3H3,(H,44,47)(H,45,54,56)/t25-,26-,34-,42-/m1/s1. The summed E-state index contributed by atoms with van der Waals surface area (Å²) in [4.78, 5) is 64.8. The molecule has 6 aliphatic heterocycles. The third kappa shape index (κ3) is 6.85. The highest BCUT2D eigenvalue weighted by atomic mass is 35.5. The molecule has 0 unspecified atom stereocenters. The maximum absolute atomic E-state index is 14.3. The summed E-state index contributed by atoms with van der Waals surface area (Å²) in [6.45, 7) is 13.8. The average molecular weight is 811 g/mol. The molecule has 4 fully saturated rings. The summed E-state index contributed by atoms with van der Waals surface area (Å²) in [7, 11) is 0. The third-order valence-corrected chi connectivity index (χ3v) is 13.5. The lowest BCUT2D eigenvalue weighted by Gasteiger charge is -2.54. The molecule has 306 valence electrons. The second-order valence-corrected chi connectivity index (χ2v) is 17.7. The lowest BCUT2D eigenvalue weighted by Crippen LogP contribution is -2.69. The molecule has 9 rings (SSSR count). The van der Waals surface area contributed by atoms with Crippen LogP contribution in [-0.4, -0.2) is 141 Å². The summed E-state index contributed by atoms with van der Waals surface area (Å²) < 4.78 is 0. The molecular weight excluding hydrogens is 760 g/mol. The molecule has 16 heteroatoms. The number of fused-ring (bicyclic) bond motifs is 4. The van der Waals surface area contributed by atoms with Gasteiger partial charge in [-0.2, -0.15) is 0 Å². The molecule has 2 aromatic carbocycles. The molecular formula is C42H51ClN10O5. The molecule has 3 N–H and O–H groups in total. The molecule has 0 bridgehead atoms. The molecule has 15 nitrogen and oxygen atoms in total. The Labute approximate surface area is 343 Å². The number of urea groups is 1. The zero-order valence-corrected chi connectivity index (χ0v) is 34.0. The number of hydrogen-bond donors (Lipinski definition) is 3. The van der Waals surface area contributed by atoms with Crippen molar-refractivity contribution >= 4 is 52.5 Å². The van der Waals surface area contributed by atoms with Crippen molar-refractivity contribution < 1.29 is 24.3 Å². The van der Waals surface area contributed by atoms with Gasteiger partial charge >= 0.3 is 6.03 Å². The highest BCUT2D eigenvalue weighted by Crippen LogP contribution is 2.41. The maximum atomic E-state index is 14.3. The van der Waals surface area contributed by atoms with Crippen molar-refractivity contribution in [2.45, 2.75) is 76.7 Å². The van der Waals surface area contributed by atoms with Crippen molar-refractivity contribution in [1.82, 2.24) is 35.1 Å². The van der Waals surface area contributed by atoms with E-state index in [1.165, 1.54) is 0 Å². The van der Waals surface area contributed by atoms with E-state index in [9.17, 15) is 24.3 Å². The monoisotopic (exact) mass is 810 g/mol. The number of benzene rings is 2. The summed E-state index contributed by atoms with van der Waals surface area (Å²) in [6.07, 6.45) is 2.69. The zero-order chi connectivity index (χ0) is 40.5. The number of rotatable bonds is 5. The van der Waals surface area contributed by atoms with Crippen LogP contribution in [0.15, 0.2) is 42.5 Å². The van der Waals surface area contributed by atoms with Gasteiger partial charge in [0.25, 0.3) is 5.91 Å². The molecule has 0 aliphatic carbocycles. The summed E-state index contributed by atoms with van der Waals surface area (Å²) >= 11 is 6.20. The molecule has 0 radical (unpaired) electrons. The molecule has 58 heavy (non-hydrogen) atoms. The highest BCUT2D eigenvalue weighted by molar-refractivity contribution is 6.32. The van der Waals surface area contributed by atoms with Crippen LogP contribution in [0.25, 0.3) is 11.3 Å². The Morgan fingerprint density at radius 1 is 0.966 bits per heavy atom. The molecule has 4 saturated heterocycles. The van der Waals surface area contributed by atoms with Gasteiger partial charge in [0.05, 0.1) is 21.9 Å². The van der Waals surface area contributed by atoms with Crippen LogP contribution in [0.1, 0.15) is 62.4 Å². The molecule has 3 aromatic rings. The predicted molar refractivity (Wildman–Crippen MR) is 220 cm³/mol. The number of phenolic OH excluding ortho intramolecular Hbond substituents is 1. The number of phenols is 1. The lowest BCUT2D eigenvalue weighted by atomic mass is 9.92. The van der Waals surface area contributed by atoms with Crippen LogP contribution >= 0.6 is 11.6 Å². The first kappa shape index (κ1) is 38.4. The van der Waals surface area contributed by atoms with Crippen molar-refractivity contribution in [2.75, 3.05) is 74.0 Å². The van der Waals surface area contributed by atoms with E-state index in [1.54, 1.807) is 23.1 Å². The quantitative estimate of drug-likeness (QED) is 0.320. The van der Waals surface area contributed by atoms with Gasteiger partial charge < -0.3 is 34.9 Å². The molecule has 7 heterocycles.